The van der Waals surface area contributed by atoms with Crippen molar-refractivity contribution in [3.05, 3.63) is 45.0 Å². The third kappa shape index (κ3) is 3.17. The highest BCUT2D eigenvalue weighted by molar-refractivity contribution is 9.10. The van der Waals surface area contributed by atoms with Gasteiger partial charge in [-0.05, 0) is 39.8 Å². The molecule has 0 atom stereocenters. The second kappa shape index (κ2) is 5.32. The lowest BCUT2D eigenvalue weighted by atomic mass is 10.3. The van der Waals surface area contributed by atoms with Crippen LogP contribution in [0.2, 0.25) is 0 Å². The summed E-state index contributed by atoms with van der Waals surface area (Å²) in [5.41, 5.74) is 5.64. The molecule has 0 aliphatic carbocycles. The molecule has 18 heavy (non-hydrogen) atoms. The van der Waals surface area contributed by atoms with E-state index in [0.29, 0.717) is 15.6 Å². The molecule has 0 saturated carbocycles. The molecule has 0 amide bonds. The molecule has 0 fully saturated rings. The summed E-state index contributed by atoms with van der Waals surface area (Å²) >= 11 is 4.50. The van der Waals surface area contributed by atoms with Crippen LogP contribution in [-0.4, -0.2) is 14.9 Å². The number of hydrogen-bond donors (Lipinski definition) is 1. The molecule has 0 spiro atoms. The maximum atomic E-state index is 10.5. The van der Waals surface area contributed by atoms with Gasteiger partial charge in [-0.15, -0.1) is 0 Å². The van der Waals surface area contributed by atoms with E-state index in [0.717, 1.165) is 4.90 Å². The van der Waals surface area contributed by atoms with Crippen LogP contribution in [-0.2, 0) is 0 Å². The number of hydrogen-bond acceptors (Lipinski definition) is 6. The van der Waals surface area contributed by atoms with Gasteiger partial charge in [-0.3, -0.25) is 10.1 Å². The quantitative estimate of drug-likeness (QED) is 0.403. The Morgan fingerprint density at radius 3 is 2.50 bits per heavy atom. The van der Waals surface area contributed by atoms with Crippen LogP contribution in [0, 0.1) is 10.1 Å². The lowest BCUT2D eigenvalue weighted by Gasteiger charge is -2.01. The first-order chi connectivity index (χ1) is 8.54. The third-order valence-corrected chi connectivity index (χ3v) is 3.23. The Morgan fingerprint density at radius 2 is 1.94 bits per heavy atom. The van der Waals surface area contributed by atoms with Gasteiger partial charge in [0.2, 0.25) is 0 Å². The molecule has 0 radical (unpaired) electrons. The molecule has 0 bridgehead atoms. The molecule has 2 rings (SSSR count). The van der Waals surface area contributed by atoms with E-state index in [4.69, 9.17) is 5.73 Å². The molecule has 1 aromatic carbocycles. The standard InChI is InChI=1S/C10H7BrN4O2S/c11-8-5-9(12)14-10(13-8)18-7-3-1-6(2-4-7)15(16)17/h1-5H,(H2,12,13,14). The average Bonchev–Trinajstić information content (AvgIpc) is 2.28. The van der Waals surface area contributed by atoms with E-state index in [1.165, 1.54) is 23.9 Å². The fourth-order valence-electron chi connectivity index (χ4n) is 1.20. The number of anilines is 1. The largest absolute Gasteiger partial charge is 0.384 e. The van der Waals surface area contributed by atoms with Crippen molar-refractivity contribution in [1.29, 1.82) is 0 Å². The third-order valence-electron chi connectivity index (χ3n) is 1.95. The molecule has 8 heteroatoms. The van der Waals surface area contributed by atoms with E-state index in [-0.39, 0.29) is 5.69 Å². The summed E-state index contributed by atoms with van der Waals surface area (Å²) in [5.74, 6) is 0.362. The van der Waals surface area contributed by atoms with Gasteiger partial charge in [0, 0.05) is 23.1 Å². The van der Waals surface area contributed by atoms with Crippen LogP contribution in [0.15, 0.2) is 45.0 Å². The minimum Gasteiger partial charge on any atom is -0.384 e. The molecule has 0 unspecified atom stereocenters. The molecule has 0 saturated heterocycles. The minimum absolute atomic E-state index is 0.0500. The zero-order chi connectivity index (χ0) is 13.1. The highest BCUT2D eigenvalue weighted by atomic mass is 79.9. The number of halogens is 1. The Morgan fingerprint density at radius 1 is 1.28 bits per heavy atom. The van der Waals surface area contributed by atoms with Crippen molar-refractivity contribution in [1.82, 2.24) is 9.97 Å². The first-order valence-corrected chi connectivity index (χ1v) is 6.38. The number of aromatic nitrogens is 2. The van der Waals surface area contributed by atoms with Crippen LogP contribution < -0.4 is 5.73 Å². The maximum absolute atomic E-state index is 10.5. The molecule has 0 aliphatic rings. The lowest BCUT2D eigenvalue weighted by molar-refractivity contribution is -0.384. The second-order valence-corrected chi connectivity index (χ2v) is 5.10. The van der Waals surface area contributed by atoms with Crippen LogP contribution in [0.25, 0.3) is 0 Å². The van der Waals surface area contributed by atoms with Crippen LogP contribution in [0.1, 0.15) is 0 Å². The van der Waals surface area contributed by atoms with Crippen molar-refractivity contribution in [3.63, 3.8) is 0 Å². The number of non-ortho nitro benzene ring substituents is 1. The summed E-state index contributed by atoms with van der Waals surface area (Å²) in [7, 11) is 0. The van der Waals surface area contributed by atoms with Crippen molar-refractivity contribution in [3.8, 4) is 0 Å². The molecule has 6 nitrogen and oxygen atoms in total. The fourth-order valence-corrected chi connectivity index (χ4v) is 2.50. The monoisotopic (exact) mass is 326 g/mol. The first-order valence-electron chi connectivity index (χ1n) is 4.77. The molecule has 1 aromatic heterocycles. The molecule has 0 aliphatic heterocycles. The topological polar surface area (TPSA) is 94.9 Å². The molecule has 2 N–H and O–H groups in total. The number of nitro benzene ring substituents is 1. The highest BCUT2D eigenvalue weighted by Gasteiger charge is 2.07. The van der Waals surface area contributed by atoms with Gasteiger partial charge in [-0.1, -0.05) is 0 Å². The Hall–Kier alpha value is -1.67. The van der Waals surface area contributed by atoms with Gasteiger partial charge in [0.05, 0.1) is 4.92 Å². The van der Waals surface area contributed by atoms with Crippen LogP contribution >= 0.6 is 27.7 Å². The first kappa shape index (κ1) is 12.8. The number of nitro groups is 1. The summed E-state index contributed by atoms with van der Waals surface area (Å²) in [4.78, 5) is 19.1. The predicted molar refractivity (Wildman–Crippen MR) is 71.4 cm³/mol. The van der Waals surface area contributed by atoms with Crippen LogP contribution in [0.5, 0.6) is 0 Å². The minimum atomic E-state index is -0.442. The normalized spacial score (nSPS) is 10.3. The zero-order valence-electron chi connectivity index (χ0n) is 8.91. The van der Waals surface area contributed by atoms with Gasteiger partial charge in [0.25, 0.3) is 5.69 Å². The van der Waals surface area contributed by atoms with Crippen molar-refractivity contribution in [2.24, 2.45) is 0 Å². The van der Waals surface area contributed by atoms with Crippen molar-refractivity contribution >= 4 is 39.2 Å². The summed E-state index contributed by atoms with van der Waals surface area (Å²) in [6.07, 6.45) is 0. The Kier molecular flexibility index (Phi) is 3.78. The predicted octanol–water partition coefficient (Wildman–Crippen LogP) is 2.88. The summed E-state index contributed by atoms with van der Waals surface area (Å²) < 4.78 is 0.597. The smallest absolute Gasteiger partial charge is 0.269 e. The van der Waals surface area contributed by atoms with E-state index in [1.807, 2.05) is 0 Å². The molecular formula is C10H7BrN4O2S. The molecule has 1 heterocycles. The number of benzene rings is 1. The van der Waals surface area contributed by atoms with E-state index in [2.05, 4.69) is 25.9 Å². The number of nitrogens with two attached hydrogens (primary N) is 1. The van der Waals surface area contributed by atoms with Crippen molar-refractivity contribution < 1.29 is 4.92 Å². The second-order valence-electron chi connectivity index (χ2n) is 3.25. The number of nitrogen functional groups attached to an aromatic ring is 1. The van der Waals surface area contributed by atoms with Crippen molar-refractivity contribution in [2.75, 3.05) is 5.73 Å². The maximum Gasteiger partial charge on any atom is 0.269 e. The fraction of sp³-hybridized carbons (Fsp3) is 0. The molecular weight excluding hydrogens is 320 g/mol. The van der Waals surface area contributed by atoms with E-state index < -0.39 is 4.92 Å². The SMILES string of the molecule is Nc1cc(Br)nc(Sc2ccc([N+](=O)[O-])cc2)n1. The van der Waals surface area contributed by atoms with E-state index in [9.17, 15) is 10.1 Å². The van der Waals surface area contributed by atoms with Gasteiger partial charge in [-0.25, -0.2) is 9.97 Å². The zero-order valence-corrected chi connectivity index (χ0v) is 11.3. The van der Waals surface area contributed by atoms with Crippen LogP contribution in [0.3, 0.4) is 0 Å². The van der Waals surface area contributed by atoms with Gasteiger partial charge in [0.1, 0.15) is 10.4 Å². The lowest BCUT2D eigenvalue weighted by Crippen LogP contribution is -1.94. The number of nitrogens with zero attached hydrogens (tertiary/aromatic N) is 3. The summed E-state index contributed by atoms with van der Waals surface area (Å²) in [5, 5.41) is 11.0. The van der Waals surface area contributed by atoms with Gasteiger partial charge < -0.3 is 5.73 Å². The Labute approximate surface area is 115 Å². The Bertz CT molecular complexity index is 571. The van der Waals surface area contributed by atoms with Gasteiger partial charge >= 0.3 is 0 Å². The summed E-state index contributed by atoms with van der Waals surface area (Å²) in [6.45, 7) is 0. The molecule has 2 aromatic rings. The highest BCUT2D eigenvalue weighted by Crippen LogP contribution is 2.27. The van der Waals surface area contributed by atoms with E-state index >= 15 is 0 Å². The Balaban J connectivity index is 2.20. The van der Waals surface area contributed by atoms with Crippen LogP contribution in [0.4, 0.5) is 11.5 Å². The average molecular weight is 327 g/mol. The molecule has 92 valence electrons. The van der Waals surface area contributed by atoms with Gasteiger partial charge in [0.15, 0.2) is 5.16 Å². The van der Waals surface area contributed by atoms with E-state index in [1.54, 1.807) is 18.2 Å². The van der Waals surface area contributed by atoms with Gasteiger partial charge in [-0.2, -0.15) is 0 Å². The number of rotatable bonds is 3. The van der Waals surface area contributed by atoms with Crippen molar-refractivity contribution in [2.45, 2.75) is 10.1 Å². The summed E-state index contributed by atoms with van der Waals surface area (Å²) in [6, 6.07) is 7.75.